The summed E-state index contributed by atoms with van der Waals surface area (Å²) < 4.78 is 29.6. The second kappa shape index (κ2) is 8.08. The third-order valence-corrected chi connectivity index (χ3v) is 3.90. The van der Waals surface area contributed by atoms with Crippen LogP contribution in [-0.4, -0.2) is 25.6 Å². The second-order valence-corrected chi connectivity index (χ2v) is 5.43. The van der Waals surface area contributed by atoms with Crippen molar-refractivity contribution in [2.45, 2.75) is 38.8 Å². The number of carbonyl (C=O) groups is 1. The number of halogens is 2. The average molecular weight is 312 g/mol. The maximum atomic E-state index is 12.5. The first-order chi connectivity index (χ1) is 10.6. The van der Waals surface area contributed by atoms with Gasteiger partial charge in [0, 0.05) is 12.1 Å². The van der Waals surface area contributed by atoms with Crippen molar-refractivity contribution in [1.29, 1.82) is 0 Å². The van der Waals surface area contributed by atoms with Crippen LogP contribution in [0.4, 0.5) is 8.78 Å². The first kappa shape index (κ1) is 16.7. The number of piperidine rings is 1. The summed E-state index contributed by atoms with van der Waals surface area (Å²) in [6.07, 6.45) is 2.43. The van der Waals surface area contributed by atoms with Gasteiger partial charge >= 0.3 is 6.61 Å². The Morgan fingerprint density at radius 2 is 2.23 bits per heavy atom. The first-order valence-corrected chi connectivity index (χ1v) is 7.66. The Balaban J connectivity index is 2.09. The summed E-state index contributed by atoms with van der Waals surface area (Å²) in [6.45, 7) is 0.629. The average Bonchev–Trinajstić information content (AvgIpc) is 2.53. The smallest absolute Gasteiger partial charge is 0.387 e. The van der Waals surface area contributed by atoms with Gasteiger partial charge in [0.25, 0.3) is 0 Å². The minimum atomic E-state index is -2.88. The van der Waals surface area contributed by atoms with Gasteiger partial charge in [-0.25, -0.2) is 0 Å². The van der Waals surface area contributed by atoms with Crippen molar-refractivity contribution in [2.24, 2.45) is 5.92 Å². The lowest BCUT2D eigenvalue weighted by Gasteiger charge is -2.26. The molecular formula is C16H22F2N2O2. The molecule has 0 aromatic heterocycles. The van der Waals surface area contributed by atoms with Gasteiger partial charge in [0.05, 0.1) is 12.0 Å². The minimum Gasteiger partial charge on any atom is -0.434 e. The molecule has 2 N–H and O–H groups in total. The zero-order chi connectivity index (χ0) is 15.9. The van der Waals surface area contributed by atoms with Gasteiger partial charge in [-0.15, -0.1) is 0 Å². The summed E-state index contributed by atoms with van der Waals surface area (Å²) in [4.78, 5) is 12.3. The van der Waals surface area contributed by atoms with Crippen molar-refractivity contribution in [3.63, 3.8) is 0 Å². The van der Waals surface area contributed by atoms with Crippen LogP contribution in [0.2, 0.25) is 0 Å². The van der Waals surface area contributed by atoms with E-state index in [1.165, 1.54) is 6.07 Å². The van der Waals surface area contributed by atoms with Gasteiger partial charge in [-0.05, 0) is 31.9 Å². The summed E-state index contributed by atoms with van der Waals surface area (Å²) >= 11 is 0. The number of benzene rings is 1. The Hall–Kier alpha value is -1.69. The van der Waals surface area contributed by atoms with Crippen LogP contribution in [0, 0.1) is 5.92 Å². The summed E-state index contributed by atoms with van der Waals surface area (Å²) in [7, 11) is 0. The molecule has 122 valence electrons. The number of carbonyl (C=O) groups excluding carboxylic acids is 1. The SMILES string of the molecule is CCC(NC(=O)C1CCCNC1)c1ccccc1OC(F)F. The number of rotatable bonds is 6. The topological polar surface area (TPSA) is 50.4 Å². The fourth-order valence-electron chi connectivity index (χ4n) is 2.74. The van der Waals surface area contributed by atoms with Crippen molar-refractivity contribution < 1.29 is 18.3 Å². The van der Waals surface area contributed by atoms with Crippen LogP contribution in [0.5, 0.6) is 5.75 Å². The quantitative estimate of drug-likeness (QED) is 0.849. The number of nitrogens with one attached hydrogen (secondary N) is 2. The monoisotopic (exact) mass is 312 g/mol. The Kier molecular flexibility index (Phi) is 6.12. The molecule has 1 amide bonds. The van der Waals surface area contributed by atoms with Gasteiger partial charge in [-0.3, -0.25) is 4.79 Å². The summed E-state index contributed by atoms with van der Waals surface area (Å²) in [5, 5.41) is 6.16. The fraction of sp³-hybridized carbons (Fsp3) is 0.562. The van der Waals surface area contributed by atoms with Crippen LogP contribution in [0.25, 0.3) is 0 Å². The maximum Gasteiger partial charge on any atom is 0.387 e. The predicted octanol–water partition coefficient (Wildman–Crippen LogP) is 2.85. The Labute approximate surface area is 129 Å². The van der Waals surface area contributed by atoms with Gasteiger partial charge in [0.2, 0.25) is 5.91 Å². The molecule has 2 atom stereocenters. The van der Waals surface area contributed by atoms with Gasteiger partial charge in [-0.2, -0.15) is 8.78 Å². The highest BCUT2D eigenvalue weighted by molar-refractivity contribution is 5.79. The van der Waals surface area contributed by atoms with Crippen molar-refractivity contribution in [2.75, 3.05) is 13.1 Å². The molecule has 4 nitrogen and oxygen atoms in total. The zero-order valence-electron chi connectivity index (χ0n) is 12.6. The predicted molar refractivity (Wildman–Crippen MR) is 79.8 cm³/mol. The molecule has 2 unspecified atom stereocenters. The molecule has 0 saturated carbocycles. The van der Waals surface area contributed by atoms with Crippen molar-refractivity contribution in [3.8, 4) is 5.75 Å². The standard InChI is InChI=1S/C16H22F2N2O2/c1-2-13(20-15(21)11-6-5-9-19-10-11)12-7-3-4-8-14(12)22-16(17)18/h3-4,7-8,11,13,16,19H,2,5-6,9-10H2,1H3,(H,20,21). The van der Waals surface area contributed by atoms with Crippen LogP contribution in [-0.2, 0) is 4.79 Å². The number of hydrogen-bond acceptors (Lipinski definition) is 3. The molecule has 22 heavy (non-hydrogen) atoms. The zero-order valence-corrected chi connectivity index (χ0v) is 12.6. The molecule has 0 radical (unpaired) electrons. The number of para-hydroxylation sites is 1. The van der Waals surface area contributed by atoms with Crippen molar-refractivity contribution in [1.82, 2.24) is 10.6 Å². The van der Waals surface area contributed by atoms with E-state index in [9.17, 15) is 13.6 Å². The molecule has 1 saturated heterocycles. The van der Waals surface area contributed by atoms with Crippen LogP contribution >= 0.6 is 0 Å². The summed E-state index contributed by atoms with van der Waals surface area (Å²) in [5.74, 6) is 0.0169. The maximum absolute atomic E-state index is 12.5. The third-order valence-electron chi connectivity index (χ3n) is 3.90. The van der Waals surface area contributed by atoms with Gasteiger partial charge < -0.3 is 15.4 Å². The largest absolute Gasteiger partial charge is 0.434 e. The Bertz CT molecular complexity index is 491. The van der Waals surface area contributed by atoms with Crippen molar-refractivity contribution in [3.05, 3.63) is 29.8 Å². The lowest BCUT2D eigenvalue weighted by molar-refractivity contribution is -0.126. The second-order valence-electron chi connectivity index (χ2n) is 5.43. The van der Waals surface area contributed by atoms with Gasteiger partial charge in [-0.1, -0.05) is 25.1 Å². The molecule has 0 aliphatic carbocycles. The van der Waals surface area contributed by atoms with E-state index in [2.05, 4.69) is 15.4 Å². The Morgan fingerprint density at radius 3 is 2.86 bits per heavy atom. The van der Waals surface area contributed by atoms with Gasteiger partial charge in [0.15, 0.2) is 0 Å². The molecule has 1 aliphatic rings. The van der Waals surface area contributed by atoms with Crippen LogP contribution in [0.1, 0.15) is 37.8 Å². The van der Waals surface area contributed by atoms with Crippen LogP contribution < -0.4 is 15.4 Å². The number of ether oxygens (including phenoxy) is 1. The van der Waals surface area contributed by atoms with Crippen LogP contribution in [0.3, 0.4) is 0 Å². The minimum absolute atomic E-state index is 0.0362. The molecule has 1 heterocycles. The number of alkyl halides is 2. The highest BCUT2D eigenvalue weighted by Crippen LogP contribution is 2.29. The van der Waals surface area contributed by atoms with E-state index in [1.807, 2.05) is 6.92 Å². The number of amides is 1. The molecule has 2 rings (SSSR count). The van der Waals surface area contributed by atoms with E-state index in [0.717, 1.165) is 19.4 Å². The molecule has 1 aromatic carbocycles. The fourth-order valence-corrected chi connectivity index (χ4v) is 2.74. The molecule has 6 heteroatoms. The Morgan fingerprint density at radius 1 is 1.45 bits per heavy atom. The molecule has 0 bridgehead atoms. The van der Waals surface area contributed by atoms with E-state index in [0.29, 0.717) is 18.5 Å². The molecule has 1 fully saturated rings. The highest BCUT2D eigenvalue weighted by atomic mass is 19.3. The normalized spacial score (nSPS) is 19.7. The highest BCUT2D eigenvalue weighted by Gasteiger charge is 2.25. The van der Waals surface area contributed by atoms with E-state index in [4.69, 9.17) is 0 Å². The molecule has 1 aliphatic heterocycles. The van der Waals surface area contributed by atoms with E-state index in [-0.39, 0.29) is 23.6 Å². The summed E-state index contributed by atoms with van der Waals surface area (Å²) in [5.41, 5.74) is 0.586. The number of hydrogen-bond donors (Lipinski definition) is 2. The van der Waals surface area contributed by atoms with E-state index < -0.39 is 6.61 Å². The van der Waals surface area contributed by atoms with Gasteiger partial charge in [0.1, 0.15) is 5.75 Å². The third kappa shape index (κ3) is 4.40. The lowest BCUT2D eigenvalue weighted by atomic mass is 9.97. The first-order valence-electron chi connectivity index (χ1n) is 7.66. The summed E-state index contributed by atoms with van der Waals surface area (Å²) in [6, 6.07) is 6.28. The van der Waals surface area contributed by atoms with Crippen molar-refractivity contribution >= 4 is 5.91 Å². The van der Waals surface area contributed by atoms with Crippen LogP contribution in [0.15, 0.2) is 24.3 Å². The van der Waals surface area contributed by atoms with E-state index in [1.54, 1.807) is 18.2 Å². The molecule has 0 spiro atoms. The lowest BCUT2D eigenvalue weighted by Crippen LogP contribution is -2.41. The van der Waals surface area contributed by atoms with E-state index >= 15 is 0 Å². The molecule has 1 aromatic rings. The molecular weight excluding hydrogens is 290 g/mol.